The van der Waals surface area contributed by atoms with Crippen molar-refractivity contribution in [2.24, 2.45) is 11.0 Å². The van der Waals surface area contributed by atoms with Crippen LogP contribution in [0.1, 0.15) is 24.4 Å². The van der Waals surface area contributed by atoms with Gasteiger partial charge >= 0.3 is 5.97 Å². The van der Waals surface area contributed by atoms with Crippen LogP contribution in [0.5, 0.6) is 5.75 Å². The smallest absolute Gasteiger partial charge is 0.305 e. The molecule has 23 heavy (non-hydrogen) atoms. The van der Waals surface area contributed by atoms with E-state index in [1.165, 1.54) is 0 Å². The van der Waals surface area contributed by atoms with Crippen molar-refractivity contribution < 1.29 is 19.4 Å². The standard InChI is InChI=1S/C15H18N4O4/c1-23-12-4-2-11(3-5-12)13(7-15(21)22)19-9-10(6-14(19)20)8-17-18-16/h2-5,10,13H,6-9H2,1H3,(H,21,22). The number of rotatable bonds is 7. The summed E-state index contributed by atoms with van der Waals surface area (Å²) in [5.41, 5.74) is 9.13. The van der Waals surface area contributed by atoms with Gasteiger partial charge in [-0.3, -0.25) is 9.59 Å². The number of nitrogens with zero attached hydrogens (tertiary/aromatic N) is 4. The molecule has 1 fully saturated rings. The van der Waals surface area contributed by atoms with E-state index >= 15 is 0 Å². The summed E-state index contributed by atoms with van der Waals surface area (Å²) in [5, 5.41) is 12.7. The number of amides is 1. The number of benzene rings is 1. The van der Waals surface area contributed by atoms with Crippen LogP contribution in [0.3, 0.4) is 0 Å². The molecule has 1 N–H and O–H groups in total. The van der Waals surface area contributed by atoms with E-state index < -0.39 is 12.0 Å². The predicted molar refractivity (Wildman–Crippen MR) is 81.8 cm³/mol. The van der Waals surface area contributed by atoms with Crippen LogP contribution in [0.2, 0.25) is 0 Å². The normalized spacial score (nSPS) is 18.4. The molecule has 0 radical (unpaired) electrons. The fourth-order valence-corrected chi connectivity index (χ4v) is 2.78. The van der Waals surface area contributed by atoms with Crippen LogP contribution in [0.15, 0.2) is 29.4 Å². The molecule has 0 saturated carbocycles. The summed E-state index contributed by atoms with van der Waals surface area (Å²) in [7, 11) is 1.55. The van der Waals surface area contributed by atoms with Crippen molar-refractivity contribution in [3.05, 3.63) is 40.3 Å². The van der Waals surface area contributed by atoms with Gasteiger partial charge in [-0.05, 0) is 29.1 Å². The topological polar surface area (TPSA) is 116 Å². The molecule has 1 amide bonds. The molecule has 0 spiro atoms. The second-order valence-electron chi connectivity index (χ2n) is 5.42. The van der Waals surface area contributed by atoms with Crippen molar-refractivity contribution in [3.63, 3.8) is 0 Å². The van der Waals surface area contributed by atoms with Gasteiger partial charge < -0.3 is 14.7 Å². The Balaban J connectivity index is 2.21. The minimum Gasteiger partial charge on any atom is -0.497 e. The third-order valence-electron chi connectivity index (χ3n) is 3.89. The lowest BCUT2D eigenvalue weighted by atomic mass is 10.0. The molecule has 8 nitrogen and oxygen atoms in total. The molecule has 1 aromatic rings. The van der Waals surface area contributed by atoms with Gasteiger partial charge in [0.1, 0.15) is 5.75 Å². The molecule has 8 heteroatoms. The maximum Gasteiger partial charge on any atom is 0.305 e. The summed E-state index contributed by atoms with van der Waals surface area (Å²) in [6.07, 6.45) is 0.0948. The van der Waals surface area contributed by atoms with E-state index in [9.17, 15) is 14.7 Å². The summed E-state index contributed by atoms with van der Waals surface area (Å²) in [6.45, 7) is 0.628. The first-order valence-electron chi connectivity index (χ1n) is 7.21. The SMILES string of the molecule is COc1ccc(C(CC(=O)O)N2CC(CN=[N+]=[N-])CC2=O)cc1. The molecule has 2 unspecified atom stereocenters. The first-order valence-corrected chi connectivity index (χ1v) is 7.21. The minimum absolute atomic E-state index is 0.0760. The number of carboxylic acids is 1. The second kappa shape index (κ2) is 7.51. The molecular weight excluding hydrogens is 300 g/mol. The van der Waals surface area contributed by atoms with Gasteiger partial charge in [-0.1, -0.05) is 17.2 Å². The zero-order valence-electron chi connectivity index (χ0n) is 12.8. The summed E-state index contributed by atoms with van der Waals surface area (Å²) in [5.74, 6) is -0.507. The number of azide groups is 1. The van der Waals surface area contributed by atoms with Gasteiger partial charge in [0.2, 0.25) is 5.91 Å². The predicted octanol–water partition coefficient (Wildman–Crippen LogP) is 2.37. The van der Waals surface area contributed by atoms with Crippen molar-refractivity contribution in [1.29, 1.82) is 0 Å². The number of carboxylic acid groups (broad SMARTS) is 1. The number of hydrogen-bond acceptors (Lipinski definition) is 4. The van der Waals surface area contributed by atoms with Gasteiger partial charge in [0.05, 0.1) is 19.6 Å². The molecule has 1 aliphatic rings. The Morgan fingerprint density at radius 3 is 2.78 bits per heavy atom. The molecule has 2 rings (SSSR count). The Hall–Kier alpha value is -2.73. The van der Waals surface area contributed by atoms with Crippen LogP contribution in [0.25, 0.3) is 10.4 Å². The first-order chi connectivity index (χ1) is 11.0. The summed E-state index contributed by atoms with van der Waals surface area (Å²) < 4.78 is 5.09. The number of carbonyl (C=O) groups is 2. The van der Waals surface area contributed by atoms with Crippen LogP contribution in [-0.2, 0) is 9.59 Å². The van der Waals surface area contributed by atoms with E-state index in [0.717, 1.165) is 5.56 Å². The van der Waals surface area contributed by atoms with Crippen LogP contribution in [0.4, 0.5) is 0 Å². The van der Waals surface area contributed by atoms with Gasteiger partial charge in [-0.2, -0.15) is 0 Å². The highest BCUT2D eigenvalue weighted by molar-refractivity contribution is 5.80. The fourth-order valence-electron chi connectivity index (χ4n) is 2.78. The third kappa shape index (κ3) is 4.14. The van der Waals surface area contributed by atoms with Crippen LogP contribution in [-0.4, -0.2) is 42.1 Å². The number of methoxy groups -OCH3 is 1. The van der Waals surface area contributed by atoms with Crippen molar-refractivity contribution in [2.45, 2.75) is 18.9 Å². The van der Waals surface area contributed by atoms with Crippen molar-refractivity contribution in [2.75, 3.05) is 20.2 Å². The quantitative estimate of drug-likeness (QED) is 0.472. The number of carbonyl (C=O) groups excluding carboxylic acids is 1. The minimum atomic E-state index is -0.975. The summed E-state index contributed by atoms with van der Waals surface area (Å²) >= 11 is 0. The molecule has 1 heterocycles. The van der Waals surface area contributed by atoms with Crippen LogP contribution in [0, 0.1) is 5.92 Å². The summed E-state index contributed by atoms with van der Waals surface area (Å²) in [4.78, 5) is 27.7. The molecule has 0 aromatic heterocycles. The van der Waals surface area contributed by atoms with Gasteiger partial charge in [-0.15, -0.1) is 0 Å². The van der Waals surface area contributed by atoms with Gasteiger partial charge in [0, 0.05) is 24.4 Å². The van der Waals surface area contributed by atoms with Gasteiger partial charge in [-0.25, -0.2) is 0 Å². The number of aliphatic carboxylic acids is 1. The number of hydrogen-bond donors (Lipinski definition) is 1. The zero-order valence-corrected chi connectivity index (χ0v) is 12.8. The highest BCUT2D eigenvalue weighted by Gasteiger charge is 2.35. The van der Waals surface area contributed by atoms with E-state index in [0.29, 0.717) is 12.3 Å². The van der Waals surface area contributed by atoms with Crippen LogP contribution < -0.4 is 4.74 Å². The third-order valence-corrected chi connectivity index (χ3v) is 3.89. The molecule has 1 aliphatic heterocycles. The summed E-state index contributed by atoms with van der Waals surface area (Å²) in [6, 6.07) is 6.47. The fraction of sp³-hybridized carbons (Fsp3) is 0.467. The van der Waals surface area contributed by atoms with Crippen molar-refractivity contribution in [1.82, 2.24) is 4.90 Å². The van der Waals surface area contributed by atoms with Crippen LogP contribution >= 0.6 is 0 Å². The lowest BCUT2D eigenvalue weighted by Crippen LogP contribution is -2.32. The highest BCUT2D eigenvalue weighted by atomic mass is 16.5. The Bertz CT molecular complexity index is 625. The average Bonchev–Trinajstić information content (AvgIpc) is 2.91. The molecule has 122 valence electrons. The molecule has 2 atom stereocenters. The Morgan fingerprint density at radius 2 is 2.22 bits per heavy atom. The molecule has 0 aliphatic carbocycles. The first kappa shape index (κ1) is 16.6. The Morgan fingerprint density at radius 1 is 1.52 bits per heavy atom. The van der Waals surface area contributed by atoms with Crippen molar-refractivity contribution >= 4 is 11.9 Å². The maximum absolute atomic E-state index is 12.2. The number of ether oxygens (including phenoxy) is 1. The largest absolute Gasteiger partial charge is 0.497 e. The van der Waals surface area contributed by atoms with E-state index in [-0.39, 0.29) is 31.2 Å². The van der Waals surface area contributed by atoms with Crippen molar-refractivity contribution in [3.8, 4) is 5.75 Å². The van der Waals surface area contributed by atoms with E-state index in [1.54, 1.807) is 36.3 Å². The lowest BCUT2D eigenvalue weighted by molar-refractivity contribution is -0.139. The highest BCUT2D eigenvalue weighted by Crippen LogP contribution is 2.32. The Labute approximate surface area is 133 Å². The zero-order chi connectivity index (χ0) is 16.8. The Kier molecular flexibility index (Phi) is 5.43. The molecule has 1 saturated heterocycles. The second-order valence-corrected chi connectivity index (χ2v) is 5.42. The van der Waals surface area contributed by atoms with Gasteiger partial charge in [0.15, 0.2) is 0 Å². The average molecular weight is 318 g/mol. The van der Waals surface area contributed by atoms with E-state index in [4.69, 9.17) is 10.3 Å². The van der Waals surface area contributed by atoms with E-state index in [1.807, 2.05) is 0 Å². The lowest BCUT2D eigenvalue weighted by Gasteiger charge is -2.27. The van der Waals surface area contributed by atoms with Gasteiger partial charge in [0.25, 0.3) is 0 Å². The number of likely N-dealkylation sites (tertiary alicyclic amines) is 1. The molecule has 0 bridgehead atoms. The maximum atomic E-state index is 12.2. The van der Waals surface area contributed by atoms with E-state index in [2.05, 4.69) is 10.0 Å². The molecule has 1 aromatic carbocycles. The molecular formula is C15H18N4O4. The monoisotopic (exact) mass is 318 g/mol.